The van der Waals surface area contributed by atoms with Gasteiger partial charge in [0, 0.05) is 41.8 Å². The number of imidazole rings is 1. The maximum absolute atomic E-state index is 13.0. The van der Waals surface area contributed by atoms with Crippen LogP contribution >= 0.6 is 15.9 Å². The van der Waals surface area contributed by atoms with Gasteiger partial charge in [-0.3, -0.25) is 14.3 Å². The minimum absolute atomic E-state index is 0.154. The number of likely N-dealkylation sites (tertiary alicyclic amines) is 1. The highest BCUT2D eigenvalue weighted by Crippen LogP contribution is 2.26. The quantitative estimate of drug-likeness (QED) is 0.597. The lowest BCUT2D eigenvalue weighted by Gasteiger charge is -2.37. The van der Waals surface area contributed by atoms with E-state index in [1.165, 1.54) is 0 Å². The minimum Gasteiger partial charge on any atom is -0.340 e. The number of aromatic nitrogens is 2. The van der Waals surface area contributed by atoms with Crippen LogP contribution in [0.25, 0.3) is 16.7 Å². The number of fused-ring (bicyclic) bond motifs is 1. The van der Waals surface area contributed by atoms with Crippen molar-refractivity contribution in [3.05, 3.63) is 58.8 Å². The Bertz CT molecular complexity index is 1090. The normalized spacial score (nSPS) is 20.7. The molecule has 3 aromatic rings. The molecule has 0 spiro atoms. The number of para-hydroxylation sites is 2. The summed E-state index contributed by atoms with van der Waals surface area (Å²) < 4.78 is 3.33. The number of piperidine rings is 1. The maximum Gasteiger partial charge on any atom is 0.225 e. The van der Waals surface area contributed by atoms with E-state index in [0.29, 0.717) is 11.9 Å². The van der Waals surface area contributed by atoms with Crippen molar-refractivity contribution in [3.63, 3.8) is 0 Å². The van der Waals surface area contributed by atoms with Gasteiger partial charge in [0.05, 0.1) is 17.6 Å². The zero-order valence-corrected chi connectivity index (χ0v) is 20.1. The Balaban J connectivity index is 1.30. The molecule has 5 rings (SSSR count). The van der Waals surface area contributed by atoms with Crippen LogP contribution < -0.4 is 5.32 Å². The molecule has 0 saturated carbocycles. The van der Waals surface area contributed by atoms with Gasteiger partial charge < -0.3 is 10.2 Å². The van der Waals surface area contributed by atoms with Crippen molar-refractivity contribution >= 4 is 32.9 Å². The summed E-state index contributed by atoms with van der Waals surface area (Å²) >= 11 is 3.54. The first-order valence-corrected chi connectivity index (χ1v) is 12.3. The molecule has 0 bridgehead atoms. The van der Waals surface area contributed by atoms with Crippen molar-refractivity contribution in [2.45, 2.75) is 32.4 Å². The molecule has 2 aliphatic heterocycles. The fourth-order valence-electron chi connectivity index (χ4n) is 4.99. The molecule has 1 atom stereocenters. The van der Waals surface area contributed by atoms with Crippen LogP contribution in [0.4, 0.5) is 0 Å². The third kappa shape index (κ3) is 4.47. The highest BCUT2D eigenvalue weighted by molar-refractivity contribution is 9.10. The zero-order valence-electron chi connectivity index (χ0n) is 18.5. The molecule has 3 heterocycles. The van der Waals surface area contributed by atoms with E-state index in [4.69, 9.17) is 4.98 Å². The van der Waals surface area contributed by atoms with E-state index in [-0.39, 0.29) is 5.92 Å². The first kappa shape index (κ1) is 21.6. The average molecular weight is 496 g/mol. The van der Waals surface area contributed by atoms with Crippen LogP contribution in [-0.2, 0) is 11.3 Å². The Morgan fingerprint density at radius 2 is 1.84 bits per heavy atom. The van der Waals surface area contributed by atoms with Gasteiger partial charge in [0.15, 0.2) is 0 Å². The van der Waals surface area contributed by atoms with E-state index in [1.54, 1.807) is 0 Å². The Labute approximate surface area is 197 Å². The minimum atomic E-state index is 0.154. The van der Waals surface area contributed by atoms with Crippen LogP contribution in [-0.4, -0.2) is 64.0 Å². The number of nitrogens with one attached hydrogen (secondary N) is 1. The van der Waals surface area contributed by atoms with Crippen molar-refractivity contribution in [1.82, 2.24) is 24.7 Å². The van der Waals surface area contributed by atoms with Gasteiger partial charge in [-0.25, -0.2) is 4.98 Å². The van der Waals surface area contributed by atoms with Crippen LogP contribution in [0.5, 0.6) is 0 Å². The Morgan fingerprint density at radius 1 is 1.09 bits per heavy atom. The van der Waals surface area contributed by atoms with E-state index >= 15 is 0 Å². The van der Waals surface area contributed by atoms with Gasteiger partial charge in [0.1, 0.15) is 5.82 Å². The van der Waals surface area contributed by atoms with Gasteiger partial charge in [0.2, 0.25) is 5.91 Å². The second-order valence-corrected chi connectivity index (χ2v) is 9.93. The number of halogens is 1. The van der Waals surface area contributed by atoms with Crippen molar-refractivity contribution < 1.29 is 4.79 Å². The number of piperazine rings is 1. The molecule has 6 nitrogen and oxygen atoms in total. The summed E-state index contributed by atoms with van der Waals surface area (Å²) in [6.45, 7) is 7.37. The molecule has 7 heteroatoms. The van der Waals surface area contributed by atoms with E-state index in [0.717, 1.165) is 79.1 Å². The Hall–Kier alpha value is -2.22. The number of carbonyl (C=O) groups is 1. The molecular formula is C25H30BrN5O. The third-order valence-electron chi connectivity index (χ3n) is 6.70. The lowest BCUT2D eigenvalue weighted by molar-refractivity contribution is -0.138. The van der Waals surface area contributed by atoms with Gasteiger partial charge in [-0.15, -0.1) is 0 Å². The predicted molar refractivity (Wildman–Crippen MR) is 131 cm³/mol. The number of carbonyl (C=O) groups excluding carboxylic acids is 1. The lowest BCUT2D eigenvalue weighted by Crippen LogP contribution is -2.53. The average Bonchev–Trinajstić information content (AvgIpc) is 3.17. The molecule has 1 amide bonds. The van der Waals surface area contributed by atoms with Crippen LogP contribution in [0.15, 0.2) is 53.0 Å². The number of amides is 1. The number of hydrogen-bond acceptors (Lipinski definition) is 4. The molecule has 0 unspecified atom stereocenters. The number of benzene rings is 2. The molecule has 2 saturated heterocycles. The Kier molecular flexibility index (Phi) is 6.31. The fourth-order valence-corrected chi connectivity index (χ4v) is 5.25. The maximum atomic E-state index is 13.0. The summed E-state index contributed by atoms with van der Waals surface area (Å²) in [5, 5.41) is 3.42. The zero-order chi connectivity index (χ0) is 22.1. The molecule has 168 valence electrons. The van der Waals surface area contributed by atoms with E-state index in [2.05, 4.69) is 85.0 Å². The summed E-state index contributed by atoms with van der Waals surface area (Å²) in [5.41, 5.74) is 3.26. The summed E-state index contributed by atoms with van der Waals surface area (Å²) in [6, 6.07) is 17.1. The monoisotopic (exact) mass is 495 g/mol. The smallest absolute Gasteiger partial charge is 0.225 e. The van der Waals surface area contributed by atoms with Crippen LogP contribution in [0, 0.1) is 5.92 Å². The van der Waals surface area contributed by atoms with Crippen LogP contribution in [0.2, 0.25) is 0 Å². The molecule has 32 heavy (non-hydrogen) atoms. The molecule has 2 aromatic carbocycles. The van der Waals surface area contributed by atoms with Gasteiger partial charge in [0.25, 0.3) is 0 Å². The largest absolute Gasteiger partial charge is 0.340 e. The van der Waals surface area contributed by atoms with E-state index in [9.17, 15) is 4.79 Å². The van der Waals surface area contributed by atoms with Crippen molar-refractivity contribution in [2.75, 3.05) is 32.7 Å². The van der Waals surface area contributed by atoms with Crippen molar-refractivity contribution in [3.8, 4) is 5.69 Å². The number of nitrogens with zero attached hydrogens (tertiary/aromatic N) is 4. The highest BCUT2D eigenvalue weighted by Gasteiger charge is 2.31. The number of hydrogen-bond donors (Lipinski definition) is 1. The number of rotatable bonds is 4. The van der Waals surface area contributed by atoms with Crippen LogP contribution in [0.1, 0.15) is 25.6 Å². The summed E-state index contributed by atoms with van der Waals surface area (Å²) in [7, 11) is 0. The standard InChI is InChI=1S/C25H30BrN5O/c1-18-16-30(15-12-27-18)25(32)19-10-13-29(14-11-19)17-24-28-22-4-2-3-5-23(22)31(24)21-8-6-20(26)7-9-21/h2-9,18-19,27H,10-17H2,1H3/t18-/m0/s1. The van der Waals surface area contributed by atoms with E-state index < -0.39 is 0 Å². The Morgan fingerprint density at radius 3 is 2.59 bits per heavy atom. The topological polar surface area (TPSA) is 53.4 Å². The van der Waals surface area contributed by atoms with Gasteiger partial charge in [-0.05, 0) is 69.3 Å². The van der Waals surface area contributed by atoms with Gasteiger partial charge >= 0.3 is 0 Å². The van der Waals surface area contributed by atoms with Crippen molar-refractivity contribution in [2.24, 2.45) is 5.92 Å². The molecule has 2 aliphatic rings. The second-order valence-electron chi connectivity index (χ2n) is 9.02. The second kappa shape index (κ2) is 9.33. The summed E-state index contributed by atoms with van der Waals surface area (Å²) in [4.78, 5) is 22.5. The lowest BCUT2D eigenvalue weighted by atomic mass is 9.94. The van der Waals surface area contributed by atoms with Gasteiger partial charge in [-0.2, -0.15) is 0 Å². The molecule has 0 radical (unpaired) electrons. The van der Waals surface area contributed by atoms with Crippen LogP contribution in [0.3, 0.4) is 0 Å². The van der Waals surface area contributed by atoms with E-state index in [1.807, 2.05) is 6.07 Å². The molecule has 2 fully saturated rings. The van der Waals surface area contributed by atoms with Crippen molar-refractivity contribution in [1.29, 1.82) is 0 Å². The summed E-state index contributed by atoms with van der Waals surface area (Å²) in [6.07, 6.45) is 1.85. The predicted octanol–water partition coefficient (Wildman–Crippen LogP) is 3.82. The molecule has 0 aliphatic carbocycles. The first-order valence-electron chi connectivity index (χ1n) is 11.6. The van der Waals surface area contributed by atoms with Gasteiger partial charge in [-0.1, -0.05) is 28.1 Å². The third-order valence-corrected chi connectivity index (χ3v) is 7.23. The highest BCUT2D eigenvalue weighted by atomic mass is 79.9. The molecule has 1 aromatic heterocycles. The molecule has 1 N–H and O–H groups in total. The summed E-state index contributed by atoms with van der Waals surface area (Å²) in [5.74, 6) is 1.55. The SMILES string of the molecule is C[C@H]1CN(C(=O)C2CCN(Cc3nc4ccccc4n3-c3ccc(Br)cc3)CC2)CCN1. The first-order chi connectivity index (χ1) is 15.6. The fraction of sp³-hybridized carbons (Fsp3) is 0.440. The molecular weight excluding hydrogens is 466 g/mol.